The van der Waals surface area contributed by atoms with Crippen molar-refractivity contribution in [2.45, 2.75) is 26.4 Å². The minimum Gasteiger partial charge on any atom is -0.487 e. The SMILES string of the molecule is CCc1nc2ccc(-n3ccc(OCc4csc(C(F)F)n4)cc3=O)cc2n1C. The lowest BCUT2D eigenvalue weighted by atomic mass is 10.2. The van der Waals surface area contributed by atoms with Gasteiger partial charge in [-0.25, -0.2) is 18.7 Å². The lowest BCUT2D eigenvalue weighted by molar-refractivity contribution is 0.150. The Balaban J connectivity index is 1.56. The van der Waals surface area contributed by atoms with Gasteiger partial charge in [-0.2, -0.15) is 0 Å². The molecule has 0 N–H and O–H groups in total. The number of pyridine rings is 1. The molecule has 0 bridgehead atoms. The van der Waals surface area contributed by atoms with Gasteiger partial charge in [-0.05, 0) is 24.3 Å². The van der Waals surface area contributed by atoms with Crippen LogP contribution in [0.4, 0.5) is 8.78 Å². The second-order valence-corrected chi connectivity index (χ2v) is 7.34. The molecule has 4 rings (SSSR count). The summed E-state index contributed by atoms with van der Waals surface area (Å²) in [5.41, 5.74) is 2.70. The zero-order valence-electron chi connectivity index (χ0n) is 15.8. The van der Waals surface area contributed by atoms with E-state index in [9.17, 15) is 13.6 Å². The molecule has 29 heavy (non-hydrogen) atoms. The van der Waals surface area contributed by atoms with E-state index >= 15 is 0 Å². The van der Waals surface area contributed by atoms with E-state index < -0.39 is 6.43 Å². The van der Waals surface area contributed by atoms with E-state index in [1.165, 1.54) is 16.0 Å². The number of hydrogen-bond donors (Lipinski definition) is 0. The molecule has 0 radical (unpaired) electrons. The third-order valence-electron chi connectivity index (χ3n) is 4.59. The average Bonchev–Trinajstić information content (AvgIpc) is 3.31. The molecule has 0 unspecified atom stereocenters. The molecule has 3 aromatic heterocycles. The largest absolute Gasteiger partial charge is 0.487 e. The molecule has 0 fully saturated rings. The van der Waals surface area contributed by atoms with Crippen molar-refractivity contribution in [1.29, 1.82) is 0 Å². The van der Waals surface area contributed by atoms with Crippen LogP contribution < -0.4 is 10.3 Å². The van der Waals surface area contributed by atoms with Crippen LogP contribution >= 0.6 is 11.3 Å². The Kier molecular flexibility index (Phi) is 5.14. The van der Waals surface area contributed by atoms with Crippen molar-refractivity contribution in [1.82, 2.24) is 19.1 Å². The van der Waals surface area contributed by atoms with Crippen molar-refractivity contribution in [2.24, 2.45) is 7.05 Å². The van der Waals surface area contributed by atoms with Gasteiger partial charge in [0.05, 0.1) is 22.4 Å². The number of aromatic nitrogens is 4. The van der Waals surface area contributed by atoms with Crippen LogP contribution in [0.2, 0.25) is 0 Å². The van der Waals surface area contributed by atoms with Crippen molar-refractivity contribution in [3.8, 4) is 11.4 Å². The first-order valence-electron chi connectivity index (χ1n) is 9.00. The highest BCUT2D eigenvalue weighted by Crippen LogP contribution is 2.23. The molecule has 150 valence electrons. The fourth-order valence-corrected chi connectivity index (χ4v) is 3.75. The van der Waals surface area contributed by atoms with Gasteiger partial charge >= 0.3 is 0 Å². The van der Waals surface area contributed by atoms with Crippen LogP contribution in [0.1, 0.15) is 29.9 Å². The Morgan fingerprint density at radius 3 is 2.72 bits per heavy atom. The van der Waals surface area contributed by atoms with Gasteiger partial charge in [0.25, 0.3) is 12.0 Å². The van der Waals surface area contributed by atoms with Gasteiger partial charge in [-0.15, -0.1) is 11.3 Å². The maximum Gasteiger partial charge on any atom is 0.289 e. The van der Waals surface area contributed by atoms with Crippen molar-refractivity contribution >= 4 is 22.4 Å². The standard InChI is InChI=1S/C20H18F2N4O2S/c1-3-17-24-15-5-4-13(8-16(15)25(17)2)26-7-6-14(9-18(26)27)28-10-12-11-29-20(23-12)19(21)22/h4-9,11,19H,3,10H2,1-2H3. The van der Waals surface area contributed by atoms with Crippen molar-refractivity contribution in [3.63, 3.8) is 0 Å². The first kappa shape index (κ1) is 19.3. The lowest BCUT2D eigenvalue weighted by Gasteiger charge is -2.09. The number of nitrogens with zero attached hydrogens (tertiary/aromatic N) is 4. The maximum atomic E-state index is 12.6. The molecular formula is C20H18F2N4O2S. The van der Waals surface area contributed by atoms with Crippen LogP contribution in [0.5, 0.6) is 5.75 Å². The van der Waals surface area contributed by atoms with Crippen molar-refractivity contribution in [3.05, 3.63) is 68.8 Å². The molecule has 9 heteroatoms. The molecule has 3 heterocycles. The highest BCUT2D eigenvalue weighted by Gasteiger charge is 2.13. The molecule has 0 spiro atoms. The summed E-state index contributed by atoms with van der Waals surface area (Å²) in [6.45, 7) is 2.07. The number of rotatable bonds is 6. The van der Waals surface area contributed by atoms with Crippen LogP contribution in [0.3, 0.4) is 0 Å². The molecule has 6 nitrogen and oxygen atoms in total. The van der Waals surface area contributed by atoms with Crippen LogP contribution in [0, 0.1) is 0 Å². The highest BCUT2D eigenvalue weighted by molar-refractivity contribution is 7.09. The minimum atomic E-state index is -2.59. The Bertz CT molecular complexity index is 1230. The second kappa shape index (κ2) is 7.75. The second-order valence-electron chi connectivity index (χ2n) is 6.45. The monoisotopic (exact) mass is 416 g/mol. The summed E-state index contributed by atoms with van der Waals surface area (Å²) in [7, 11) is 1.95. The first-order chi connectivity index (χ1) is 14.0. The molecular weight excluding hydrogens is 398 g/mol. The molecule has 0 saturated heterocycles. The van der Waals surface area contributed by atoms with Gasteiger partial charge in [0.15, 0.2) is 5.01 Å². The Morgan fingerprint density at radius 2 is 2.03 bits per heavy atom. The molecule has 0 amide bonds. The number of fused-ring (bicyclic) bond motifs is 1. The van der Waals surface area contributed by atoms with E-state index in [0.29, 0.717) is 11.4 Å². The zero-order chi connectivity index (χ0) is 20.5. The Labute approximate surface area is 169 Å². The van der Waals surface area contributed by atoms with E-state index in [-0.39, 0.29) is 17.2 Å². The predicted molar refractivity (Wildman–Crippen MR) is 107 cm³/mol. The smallest absolute Gasteiger partial charge is 0.289 e. The topological polar surface area (TPSA) is 61.9 Å². The highest BCUT2D eigenvalue weighted by atomic mass is 32.1. The van der Waals surface area contributed by atoms with Gasteiger partial charge in [-0.1, -0.05) is 6.92 Å². The maximum absolute atomic E-state index is 12.6. The summed E-state index contributed by atoms with van der Waals surface area (Å²) in [6, 6.07) is 8.68. The molecule has 0 saturated carbocycles. The number of alkyl halides is 2. The fourth-order valence-electron chi connectivity index (χ4n) is 3.10. The van der Waals surface area contributed by atoms with Crippen LogP contribution in [-0.2, 0) is 20.1 Å². The molecule has 0 atom stereocenters. The van der Waals surface area contributed by atoms with Crippen LogP contribution in [0.15, 0.2) is 46.7 Å². The number of hydrogen-bond acceptors (Lipinski definition) is 5. The van der Waals surface area contributed by atoms with Gasteiger partial charge in [0, 0.05) is 31.1 Å². The van der Waals surface area contributed by atoms with E-state index in [0.717, 1.165) is 40.3 Å². The summed E-state index contributed by atoms with van der Waals surface area (Å²) in [5, 5.41) is 1.28. The van der Waals surface area contributed by atoms with Crippen molar-refractivity contribution in [2.75, 3.05) is 0 Å². The van der Waals surface area contributed by atoms with E-state index in [4.69, 9.17) is 4.74 Å². The number of ether oxygens (including phenoxy) is 1. The van der Waals surface area contributed by atoms with Gasteiger partial charge < -0.3 is 9.30 Å². The van der Waals surface area contributed by atoms with Gasteiger partial charge in [-0.3, -0.25) is 9.36 Å². The van der Waals surface area contributed by atoms with E-state index in [2.05, 4.69) is 9.97 Å². The fraction of sp³-hybridized carbons (Fsp3) is 0.250. The van der Waals surface area contributed by atoms with Crippen molar-refractivity contribution < 1.29 is 13.5 Å². The average molecular weight is 416 g/mol. The number of thiazole rings is 1. The summed E-state index contributed by atoms with van der Waals surface area (Å²) < 4.78 is 34.3. The normalized spacial score (nSPS) is 11.5. The third kappa shape index (κ3) is 3.77. The molecule has 4 aromatic rings. The summed E-state index contributed by atoms with van der Waals surface area (Å²) >= 11 is 0.887. The lowest BCUT2D eigenvalue weighted by Crippen LogP contribution is -2.16. The van der Waals surface area contributed by atoms with E-state index in [1.54, 1.807) is 12.3 Å². The van der Waals surface area contributed by atoms with Crippen LogP contribution in [0.25, 0.3) is 16.7 Å². The molecule has 0 aliphatic rings. The molecule has 0 aliphatic carbocycles. The van der Waals surface area contributed by atoms with Gasteiger partial charge in [0.2, 0.25) is 0 Å². The Morgan fingerprint density at radius 1 is 1.21 bits per heavy atom. The Hall–Kier alpha value is -3.07. The van der Waals surface area contributed by atoms with Gasteiger partial charge in [0.1, 0.15) is 18.2 Å². The quantitative estimate of drug-likeness (QED) is 0.471. The minimum absolute atomic E-state index is 0.0213. The summed E-state index contributed by atoms with van der Waals surface area (Å²) in [4.78, 5) is 21.0. The summed E-state index contributed by atoms with van der Waals surface area (Å²) in [6.07, 6.45) is -0.144. The molecule has 1 aromatic carbocycles. The van der Waals surface area contributed by atoms with Crippen LogP contribution in [-0.4, -0.2) is 19.1 Å². The third-order valence-corrected chi connectivity index (χ3v) is 5.49. The summed E-state index contributed by atoms with van der Waals surface area (Å²) in [5.74, 6) is 1.33. The zero-order valence-corrected chi connectivity index (χ0v) is 16.6. The predicted octanol–water partition coefficient (Wildman–Crippen LogP) is 4.26. The number of halogens is 2. The number of aryl methyl sites for hydroxylation is 2. The number of imidazole rings is 1. The molecule has 0 aliphatic heterocycles. The number of benzene rings is 1. The first-order valence-corrected chi connectivity index (χ1v) is 9.88. The van der Waals surface area contributed by atoms with E-state index in [1.807, 2.05) is 36.7 Å².